The average molecular weight is 380 g/mol. The summed E-state index contributed by atoms with van der Waals surface area (Å²) >= 11 is 0. The first-order valence-electron chi connectivity index (χ1n) is 9.99. The largest absolute Gasteiger partial charge is 0.370 e. The zero-order valence-corrected chi connectivity index (χ0v) is 16.4. The van der Waals surface area contributed by atoms with Crippen LogP contribution in [-0.2, 0) is 4.79 Å². The van der Waals surface area contributed by atoms with Crippen LogP contribution in [0.4, 0.5) is 4.79 Å². The Kier molecular flexibility index (Phi) is 6.69. The molecule has 148 valence electrons. The number of nitrogens with two attached hydrogens (primary N) is 1. The zero-order valence-electron chi connectivity index (χ0n) is 16.4. The fourth-order valence-corrected chi connectivity index (χ4v) is 3.88. The molecule has 2 aromatic rings. The maximum atomic E-state index is 13.0. The predicted octanol–water partition coefficient (Wildman–Crippen LogP) is 3.77. The van der Waals surface area contributed by atoms with Gasteiger partial charge in [-0.2, -0.15) is 0 Å². The van der Waals surface area contributed by atoms with Crippen LogP contribution in [0.3, 0.4) is 0 Å². The van der Waals surface area contributed by atoms with Gasteiger partial charge in [0.05, 0.1) is 6.04 Å². The number of aryl methyl sites for hydroxylation is 1. The standard InChI is InChI=1S/C23H29N3O2/c1-17-7-5-6-10-20(17)22(19-8-3-2-4-9-19)25-23(28)26-15-13-18(14-16-26)11-12-21(24)27/h2-10,18,22H,11-16H2,1H3,(H2,24,27)(H,25,28). The minimum absolute atomic E-state index is 0.0366. The molecule has 3 rings (SSSR count). The highest BCUT2D eigenvalue weighted by Gasteiger charge is 2.26. The van der Waals surface area contributed by atoms with E-state index in [0.717, 1.165) is 36.0 Å². The average Bonchev–Trinajstić information content (AvgIpc) is 2.72. The van der Waals surface area contributed by atoms with Crippen LogP contribution in [0.5, 0.6) is 0 Å². The molecule has 1 fully saturated rings. The lowest BCUT2D eigenvalue weighted by Crippen LogP contribution is -2.46. The van der Waals surface area contributed by atoms with Crippen molar-refractivity contribution in [3.05, 3.63) is 71.3 Å². The van der Waals surface area contributed by atoms with E-state index in [4.69, 9.17) is 5.73 Å². The molecule has 1 heterocycles. The SMILES string of the molecule is Cc1ccccc1C(NC(=O)N1CCC(CCC(N)=O)CC1)c1ccccc1. The van der Waals surface area contributed by atoms with Crippen LogP contribution in [0.25, 0.3) is 0 Å². The summed E-state index contributed by atoms with van der Waals surface area (Å²) in [6.45, 7) is 3.50. The molecule has 0 aliphatic carbocycles. The van der Waals surface area contributed by atoms with Crippen LogP contribution in [0.15, 0.2) is 54.6 Å². The second kappa shape index (κ2) is 9.40. The van der Waals surface area contributed by atoms with E-state index in [2.05, 4.69) is 24.4 Å². The van der Waals surface area contributed by atoms with E-state index in [9.17, 15) is 9.59 Å². The molecule has 3 amide bonds. The number of rotatable bonds is 6. The Balaban J connectivity index is 1.67. The molecule has 0 aromatic heterocycles. The van der Waals surface area contributed by atoms with E-state index in [0.29, 0.717) is 25.4 Å². The molecule has 28 heavy (non-hydrogen) atoms. The maximum Gasteiger partial charge on any atom is 0.318 e. The lowest BCUT2D eigenvalue weighted by Gasteiger charge is -2.33. The van der Waals surface area contributed by atoms with Gasteiger partial charge in [0, 0.05) is 19.5 Å². The van der Waals surface area contributed by atoms with Gasteiger partial charge in [-0.1, -0.05) is 54.6 Å². The molecule has 1 aliphatic rings. The molecular weight excluding hydrogens is 350 g/mol. The van der Waals surface area contributed by atoms with Crippen molar-refractivity contribution < 1.29 is 9.59 Å². The van der Waals surface area contributed by atoms with Gasteiger partial charge in [-0.15, -0.1) is 0 Å². The van der Waals surface area contributed by atoms with Crippen molar-refractivity contribution in [2.45, 2.75) is 38.6 Å². The number of nitrogens with zero attached hydrogens (tertiary/aromatic N) is 1. The molecule has 3 N–H and O–H groups in total. The molecule has 2 aromatic carbocycles. The predicted molar refractivity (Wildman–Crippen MR) is 111 cm³/mol. The molecule has 5 heteroatoms. The summed E-state index contributed by atoms with van der Waals surface area (Å²) in [5.41, 5.74) is 8.58. The lowest BCUT2D eigenvalue weighted by atomic mass is 9.92. The second-order valence-corrected chi connectivity index (χ2v) is 7.59. The summed E-state index contributed by atoms with van der Waals surface area (Å²) in [7, 11) is 0. The third-order valence-electron chi connectivity index (χ3n) is 5.60. The minimum Gasteiger partial charge on any atom is -0.370 e. The van der Waals surface area contributed by atoms with E-state index >= 15 is 0 Å². The highest BCUT2D eigenvalue weighted by Crippen LogP contribution is 2.26. The molecule has 1 saturated heterocycles. The van der Waals surface area contributed by atoms with Crippen molar-refractivity contribution in [1.82, 2.24) is 10.2 Å². The Labute approximate surface area is 166 Å². The van der Waals surface area contributed by atoms with Gasteiger partial charge in [-0.3, -0.25) is 4.79 Å². The molecule has 0 saturated carbocycles. The monoisotopic (exact) mass is 379 g/mol. The Morgan fingerprint density at radius 3 is 2.36 bits per heavy atom. The molecule has 1 aliphatic heterocycles. The van der Waals surface area contributed by atoms with Gasteiger partial charge in [0.2, 0.25) is 5.91 Å². The minimum atomic E-state index is -0.246. The number of primary amides is 1. The van der Waals surface area contributed by atoms with Crippen LogP contribution in [-0.4, -0.2) is 29.9 Å². The Morgan fingerprint density at radius 2 is 1.71 bits per heavy atom. The summed E-state index contributed by atoms with van der Waals surface area (Å²) in [4.78, 5) is 25.8. The van der Waals surface area contributed by atoms with E-state index in [1.807, 2.05) is 47.4 Å². The van der Waals surface area contributed by atoms with E-state index in [1.54, 1.807) is 0 Å². The summed E-state index contributed by atoms with van der Waals surface area (Å²) < 4.78 is 0. The van der Waals surface area contributed by atoms with Crippen LogP contribution in [0, 0.1) is 12.8 Å². The highest BCUT2D eigenvalue weighted by molar-refractivity contribution is 5.75. The summed E-state index contributed by atoms with van der Waals surface area (Å²) in [5, 5.41) is 3.24. The summed E-state index contributed by atoms with van der Waals surface area (Å²) in [6, 6.07) is 18.0. The third kappa shape index (κ3) is 5.12. The summed E-state index contributed by atoms with van der Waals surface area (Å²) in [6.07, 6.45) is 3.09. The van der Waals surface area contributed by atoms with Crippen LogP contribution in [0.1, 0.15) is 48.4 Å². The van der Waals surface area contributed by atoms with E-state index in [1.165, 1.54) is 0 Å². The second-order valence-electron chi connectivity index (χ2n) is 7.59. The van der Waals surface area contributed by atoms with Gasteiger partial charge in [-0.05, 0) is 48.8 Å². The normalized spacial score (nSPS) is 15.8. The van der Waals surface area contributed by atoms with Crippen molar-refractivity contribution in [3.63, 3.8) is 0 Å². The van der Waals surface area contributed by atoms with Crippen molar-refractivity contribution >= 4 is 11.9 Å². The number of hydrogen-bond acceptors (Lipinski definition) is 2. The molecule has 1 unspecified atom stereocenters. The molecule has 0 radical (unpaired) electrons. The van der Waals surface area contributed by atoms with E-state index in [-0.39, 0.29) is 18.0 Å². The summed E-state index contributed by atoms with van der Waals surface area (Å²) in [5.74, 6) is 0.224. The van der Waals surface area contributed by atoms with Gasteiger partial charge in [0.15, 0.2) is 0 Å². The van der Waals surface area contributed by atoms with Gasteiger partial charge < -0.3 is 16.0 Å². The van der Waals surface area contributed by atoms with Crippen LogP contribution in [0.2, 0.25) is 0 Å². The number of likely N-dealkylation sites (tertiary alicyclic amines) is 1. The number of urea groups is 1. The van der Waals surface area contributed by atoms with E-state index < -0.39 is 0 Å². The number of carbonyl (C=O) groups is 2. The van der Waals surface area contributed by atoms with Gasteiger partial charge in [0.25, 0.3) is 0 Å². The highest BCUT2D eigenvalue weighted by atomic mass is 16.2. The van der Waals surface area contributed by atoms with Crippen molar-refractivity contribution in [2.24, 2.45) is 11.7 Å². The topological polar surface area (TPSA) is 75.4 Å². The van der Waals surface area contributed by atoms with Crippen molar-refractivity contribution in [1.29, 1.82) is 0 Å². The smallest absolute Gasteiger partial charge is 0.318 e. The quantitative estimate of drug-likeness (QED) is 0.802. The number of nitrogens with one attached hydrogen (secondary N) is 1. The molecule has 0 spiro atoms. The van der Waals surface area contributed by atoms with Gasteiger partial charge in [-0.25, -0.2) is 4.79 Å². The molecule has 1 atom stereocenters. The Morgan fingerprint density at radius 1 is 1.07 bits per heavy atom. The lowest BCUT2D eigenvalue weighted by molar-refractivity contribution is -0.118. The number of hydrogen-bond donors (Lipinski definition) is 2. The first-order chi connectivity index (χ1) is 13.5. The Bertz CT molecular complexity index is 799. The molecule has 5 nitrogen and oxygen atoms in total. The zero-order chi connectivity index (χ0) is 19.9. The van der Waals surface area contributed by atoms with Crippen LogP contribution >= 0.6 is 0 Å². The maximum absolute atomic E-state index is 13.0. The number of carbonyl (C=O) groups excluding carboxylic acids is 2. The molecule has 0 bridgehead atoms. The first-order valence-corrected chi connectivity index (χ1v) is 9.99. The fraction of sp³-hybridized carbons (Fsp3) is 0.391. The fourth-order valence-electron chi connectivity index (χ4n) is 3.88. The number of benzene rings is 2. The molecular formula is C23H29N3O2. The third-order valence-corrected chi connectivity index (χ3v) is 5.60. The van der Waals surface area contributed by atoms with Gasteiger partial charge in [0.1, 0.15) is 0 Å². The Hall–Kier alpha value is -2.82. The van der Waals surface area contributed by atoms with Gasteiger partial charge >= 0.3 is 6.03 Å². The van der Waals surface area contributed by atoms with Crippen molar-refractivity contribution in [2.75, 3.05) is 13.1 Å². The van der Waals surface area contributed by atoms with Crippen molar-refractivity contribution in [3.8, 4) is 0 Å². The van der Waals surface area contributed by atoms with Crippen LogP contribution < -0.4 is 11.1 Å². The number of amides is 3. The number of piperidine rings is 1. The first kappa shape index (κ1) is 19.9.